The van der Waals surface area contributed by atoms with Crippen LogP contribution in [0, 0.1) is 0 Å². The van der Waals surface area contributed by atoms with Crippen molar-refractivity contribution >= 4 is 0 Å². The molecule has 15 heavy (non-hydrogen) atoms. The predicted molar refractivity (Wildman–Crippen MR) is 61.7 cm³/mol. The van der Waals surface area contributed by atoms with Crippen molar-refractivity contribution in [2.24, 2.45) is 0 Å². The Morgan fingerprint density at radius 3 is 2.53 bits per heavy atom. The molecule has 1 aliphatic heterocycles. The summed E-state index contributed by atoms with van der Waals surface area (Å²) in [5.74, 6) is 0. The molecule has 3 unspecified atom stereocenters. The van der Waals surface area contributed by atoms with Gasteiger partial charge in [-0.2, -0.15) is 0 Å². The fourth-order valence-corrected chi connectivity index (χ4v) is 1.87. The quantitative estimate of drug-likeness (QED) is 0.763. The van der Waals surface area contributed by atoms with Crippen molar-refractivity contribution in [3.8, 4) is 0 Å². The van der Waals surface area contributed by atoms with Crippen molar-refractivity contribution in [2.75, 3.05) is 0 Å². The summed E-state index contributed by atoms with van der Waals surface area (Å²) in [7, 11) is 0. The highest BCUT2D eigenvalue weighted by molar-refractivity contribution is 5.15. The van der Waals surface area contributed by atoms with Crippen molar-refractivity contribution in [2.45, 2.75) is 45.1 Å². The first-order valence-corrected chi connectivity index (χ1v) is 5.58. The van der Waals surface area contributed by atoms with Gasteiger partial charge in [-0.05, 0) is 26.3 Å². The summed E-state index contributed by atoms with van der Waals surface area (Å²) < 4.78 is 5.59. The second-order valence-electron chi connectivity index (χ2n) is 4.53. The second kappa shape index (κ2) is 3.95. The van der Waals surface area contributed by atoms with Crippen molar-refractivity contribution in [3.05, 3.63) is 35.9 Å². The summed E-state index contributed by atoms with van der Waals surface area (Å²) in [5.41, 5.74) is 1.36. The van der Waals surface area contributed by atoms with Gasteiger partial charge in [0.1, 0.15) is 5.60 Å². The Morgan fingerprint density at radius 2 is 2.00 bits per heavy atom. The molecule has 1 aliphatic rings. The minimum absolute atomic E-state index is 0.0365. The van der Waals surface area contributed by atoms with E-state index < -0.39 is 0 Å². The SMILES string of the molecule is CC(NCc1ccccc1)C1(C)OC1C. The van der Waals surface area contributed by atoms with Crippen LogP contribution in [0.1, 0.15) is 26.3 Å². The molecule has 2 heteroatoms. The van der Waals surface area contributed by atoms with Gasteiger partial charge in [-0.15, -0.1) is 0 Å². The Morgan fingerprint density at radius 1 is 1.40 bits per heavy atom. The maximum absolute atomic E-state index is 5.59. The van der Waals surface area contributed by atoms with E-state index >= 15 is 0 Å². The van der Waals surface area contributed by atoms with Gasteiger partial charge >= 0.3 is 0 Å². The van der Waals surface area contributed by atoms with Gasteiger partial charge in [-0.1, -0.05) is 30.3 Å². The number of rotatable bonds is 4. The molecule has 0 saturated carbocycles. The number of epoxide rings is 1. The fraction of sp³-hybridized carbons (Fsp3) is 0.538. The first kappa shape index (κ1) is 10.7. The van der Waals surface area contributed by atoms with Crippen LogP contribution >= 0.6 is 0 Å². The molecule has 1 saturated heterocycles. The molecule has 82 valence electrons. The molecule has 0 aliphatic carbocycles. The van der Waals surface area contributed by atoms with Gasteiger partial charge in [0.25, 0.3) is 0 Å². The Hall–Kier alpha value is -0.860. The van der Waals surface area contributed by atoms with Crippen LogP contribution in [0.4, 0.5) is 0 Å². The van der Waals surface area contributed by atoms with E-state index in [0.29, 0.717) is 12.1 Å². The number of benzene rings is 1. The van der Waals surface area contributed by atoms with E-state index in [2.05, 4.69) is 50.4 Å². The molecule has 1 N–H and O–H groups in total. The molecule has 2 rings (SSSR count). The summed E-state index contributed by atoms with van der Waals surface area (Å²) in [6.07, 6.45) is 0.385. The van der Waals surface area contributed by atoms with Gasteiger partial charge in [0.2, 0.25) is 0 Å². The minimum Gasteiger partial charge on any atom is -0.365 e. The molecule has 0 aromatic heterocycles. The summed E-state index contributed by atoms with van der Waals surface area (Å²) in [6, 6.07) is 10.9. The topological polar surface area (TPSA) is 24.6 Å². The summed E-state index contributed by atoms with van der Waals surface area (Å²) in [6.45, 7) is 7.39. The monoisotopic (exact) mass is 205 g/mol. The van der Waals surface area contributed by atoms with Crippen molar-refractivity contribution < 1.29 is 4.74 Å². The molecule has 0 bridgehead atoms. The van der Waals surface area contributed by atoms with E-state index in [9.17, 15) is 0 Å². The van der Waals surface area contributed by atoms with Crippen molar-refractivity contribution in [1.29, 1.82) is 0 Å². The normalized spacial score (nSPS) is 31.3. The molecular formula is C13H19NO. The minimum atomic E-state index is 0.0365. The lowest BCUT2D eigenvalue weighted by Gasteiger charge is -2.18. The van der Waals surface area contributed by atoms with Crippen LogP contribution in [0.3, 0.4) is 0 Å². The molecule has 1 heterocycles. The second-order valence-corrected chi connectivity index (χ2v) is 4.53. The first-order valence-electron chi connectivity index (χ1n) is 5.58. The van der Waals surface area contributed by atoms with E-state index in [1.54, 1.807) is 0 Å². The van der Waals surface area contributed by atoms with Gasteiger partial charge < -0.3 is 10.1 Å². The Balaban J connectivity index is 1.84. The van der Waals surface area contributed by atoms with Gasteiger partial charge in [-0.3, -0.25) is 0 Å². The third-order valence-corrected chi connectivity index (χ3v) is 3.50. The van der Waals surface area contributed by atoms with Crippen LogP contribution in [0.25, 0.3) is 0 Å². The van der Waals surface area contributed by atoms with Gasteiger partial charge in [0.05, 0.1) is 6.10 Å². The zero-order valence-electron chi connectivity index (χ0n) is 9.66. The van der Waals surface area contributed by atoms with E-state index in [1.807, 2.05) is 6.07 Å². The third kappa shape index (κ3) is 2.21. The molecule has 1 aromatic carbocycles. The fourth-order valence-electron chi connectivity index (χ4n) is 1.87. The molecule has 2 nitrogen and oxygen atoms in total. The van der Waals surface area contributed by atoms with Crippen molar-refractivity contribution in [3.63, 3.8) is 0 Å². The van der Waals surface area contributed by atoms with Gasteiger partial charge in [0, 0.05) is 12.6 Å². The lowest BCUT2D eigenvalue weighted by Crippen LogP contribution is -2.38. The summed E-state index contributed by atoms with van der Waals surface area (Å²) in [4.78, 5) is 0. The Bertz CT molecular complexity index is 325. The maximum atomic E-state index is 5.59. The molecule has 1 aromatic rings. The van der Waals surface area contributed by atoms with E-state index in [1.165, 1.54) is 5.56 Å². The Kier molecular flexibility index (Phi) is 2.81. The van der Waals surface area contributed by atoms with E-state index in [0.717, 1.165) is 6.54 Å². The third-order valence-electron chi connectivity index (χ3n) is 3.50. The van der Waals surface area contributed by atoms with Crippen LogP contribution in [0.5, 0.6) is 0 Å². The predicted octanol–water partition coefficient (Wildman–Crippen LogP) is 2.34. The summed E-state index contributed by atoms with van der Waals surface area (Å²) >= 11 is 0. The summed E-state index contributed by atoms with van der Waals surface area (Å²) in [5, 5.41) is 3.51. The van der Waals surface area contributed by atoms with Crippen molar-refractivity contribution in [1.82, 2.24) is 5.32 Å². The molecular weight excluding hydrogens is 186 g/mol. The average molecular weight is 205 g/mol. The highest BCUT2D eigenvalue weighted by Gasteiger charge is 2.52. The molecule has 0 spiro atoms. The van der Waals surface area contributed by atoms with Crippen LogP contribution in [-0.4, -0.2) is 17.7 Å². The van der Waals surface area contributed by atoms with Crippen LogP contribution in [0.15, 0.2) is 30.3 Å². The maximum Gasteiger partial charge on any atom is 0.107 e. The smallest absolute Gasteiger partial charge is 0.107 e. The number of nitrogens with one attached hydrogen (secondary N) is 1. The zero-order valence-corrected chi connectivity index (χ0v) is 9.66. The lowest BCUT2D eigenvalue weighted by molar-refractivity contribution is 0.258. The van der Waals surface area contributed by atoms with Gasteiger partial charge in [-0.25, -0.2) is 0 Å². The Labute approximate surface area is 91.6 Å². The lowest BCUT2D eigenvalue weighted by atomic mass is 10.00. The first-order chi connectivity index (χ1) is 7.13. The number of hydrogen-bond donors (Lipinski definition) is 1. The van der Waals surface area contributed by atoms with Crippen LogP contribution in [-0.2, 0) is 11.3 Å². The van der Waals surface area contributed by atoms with Gasteiger partial charge in [0.15, 0.2) is 0 Å². The van der Waals surface area contributed by atoms with E-state index in [4.69, 9.17) is 4.74 Å². The number of hydrogen-bond acceptors (Lipinski definition) is 2. The number of ether oxygens (including phenoxy) is 1. The molecule has 0 radical (unpaired) electrons. The van der Waals surface area contributed by atoms with E-state index in [-0.39, 0.29) is 5.60 Å². The largest absolute Gasteiger partial charge is 0.365 e. The molecule has 0 amide bonds. The molecule has 1 fully saturated rings. The highest BCUT2D eigenvalue weighted by Crippen LogP contribution is 2.38. The average Bonchev–Trinajstić information content (AvgIpc) is 2.86. The standard InChI is InChI=1S/C13H19NO/c1-10(13(3)11(2)15-13)14-9-12-7-5-4-6-8-12/h4-8,10-11,14H,9H2,1-3H3. The van der Waals surface area contributed by atoms with Crippen LogP contribution in [0.2, 0.25) is 0 Å². The molecule has 3 atom stereocenters. The van der Waals surface area contributed by atoms with Crippen LogP contribution < -0.4 is 5.32 Å². The zero-order chi connectivity index (χ0) is 10.9. The highest BCUT2D eigenvalue weighted by atomic mass is 16.6.